The van der Waals surface area contributed by atoms with Gasteiger partial charge < -0.3 is 15.4 Å². The van der Waals surface area contributed by atoms with E-state index in [1.54, 1.807) is 14.2 Å². The predicted octanol–water partition coefficient (Wildman–Crippen LogP) is 2.01. The Labute approximate surface area is 114 Å². The third-order valence-corrected chi connectivity index (χ3v) is 3.78. The molecule has 0 atom stereocenters. The average Bonchev–Trinajstić information content (AvgIpc) is 2.86. The quantitative estimate of drug-likeness (QED) is 0.553. The summed E-state index contributed by atoms with van der Waals surface area (Å²) in [4.78, 5) is 3.96. The Morgan fingerprint density at radius 2 is 2.00 bits per heavy atom. The molecule has 1 fully saturated rings. The summed E-state index contributed by atoms with van der Waals surface area (Å²) in [5.41, 5.74) is 0.221. The molecule has 4 nitrogen and oxygen atoms in total. The lowest BCUT2D eigenvalue weighted by atomic mass is 9.83. The van der Waals surface area contributed by atoms with Gasteiger partial charge in [-0.05, 0) is 24.7 Å². The second kappa shape index (κ2) is 8.30. The molecule has 6 heteroatoms. The third kappa shape index (κ3) is 5.72. The van der Waals surface area contributed by atoms with Gasteiger partial charge in [0.05, 0.1) is 6.54 Å². The van der Waals surface area contributed by atoms with Crippen molar-refractivity contribution < 1.29 is 13.5 Å². The molecular formula is C13H25F2N3O. The van der Waals surface area contributed by atoms with Gasteiger partial charge in [0, 0.05) is 27.3 Å². The van der Waals surface area contributed by atoms with E-state index < -0.39 is 6.43 Å². The number of ether oxygens (including phenoxy) is 1. The van der Waals surface area contributed by atoms with Gasteiger partial charge in [-0.3, -0.25) is 4.99 Å². The Morgan fingerprint density at radius 1 is 1.32 bits per heavy atom. The van der Waals surface area contributed by atoms with Crippen LogP contribution in [-0.2, 0) is 4.74 Å². The number of rotatable bonds is 7. The van der Waals surface area contributed by atoms with E-state index in [0.717, 1.165) is 32.4 Å². The van der Waals surface area contributed by atoms with Crippen LogP contribution in [-0.4, -0.2) is 46.2 Å². The Morgan fingerprint density at radius 3 is 2.53 bits per heavy atom. The summed E-state index contributed by atoms with van der Waals surface area (Å²) in [6.45, 7) is 1.13. The van der Waals surface area contributed by atoms with Gasteiger partial charge in [-0.1, -0.05) is 12.8 Å². The average molecular weight is 277 g/mol. The van der Waals surface area contributed by atoms with E-state index in [0.29, 0.717) is 5.96 Å². The van der Waals surface area contributed by atoms with Crippen LogP contribution in [0.4, 0.5) is 8.78 Å². The maximum absolute atomic E-state index is 12.2. The topological polar surface area (TPSA) is 45.7 Å². The molecule has 1 saturated carbocycles. The van der Waals surface area contributed by atoms with Crippen LogP contribution in [0.15, 0.2) is 4.99 Å². The minimum Gasteiger partial charge on any atom is -0.385 e. The number of hydrogen-bond donors (Lipinski definition) is 2. The van der Waals surface area contributed by atoms with E-state index in [4.69, 9.17) is 4.74 Å². The zero-order valence-corrected chi connectivity index (χ0v) is 11.8. The van der Waals surface area contributed by atoms with Crippen molar-refractivity contribution in [2.45, 2.75) is 38.5 Å². The Balaban J connectivity index is 2.41. The summed E-state index contributed by atoms with van der Waals surface area (Å²) >= 11 is 0. The number of guanidine groups is 1. The van der Waals surface area contributed by atoms with Crippen LogP contribution >= 0.6 is 0 Å². The summed E-state index contributed by atoms with van der Waals surface area (Å²) in [5, 5.41) is 5.79. The van der Waals surface area contributed by atoms with E-state index in [9.17, 15) is 8.78 Å². The highest BCUT2D eigenvalue weighted by Gasteiger charge is 2.33. The normalized spacial score (nSPS) is 18.9. The number of aliphatic imine (C=N–C) groups is 1. The van der Waals surface area contributed by atoms with Crippen LogP contribution in [0.3, 0.4) is 0 Å². The molecule has 19 heavy (non-hydrogen) atoms. The van der Waals surface area contributed by atoms with Crippen molar-refractivity contribution in [2.75, 3.05) is 33.9 Å². The zero-order valence-electron chi connectivity index (χ0n) is 11.8. The number of hydrogen-bond acceptors (Lipinski definition) is 2. The molecule has 112 valence electrons. The highest BCUT2D eigenvalue weighted by molar-refractivity contribution is 5.79. The summed E-state index contributed by atoms with van der Waals surface area (Å²) in [5.74, 6) is 0.448. The molecule has 0 heterocycles. The molecule has 1 aliphatic carbocycles. The van der Waals surface area contributed by atoms with E-state index in [2.05, 4.69) is 15.6 Å². The van der Waals surface area contributed by atoms with Gasteiger partial charge in [0.15, 0.2) is 5.96 Å². The fourth-order valence-electron chi connectivity index (χ4n) is 2.62. The second-order valence-corrected chi connectivity index (χ2v) is 5.15. The first kappa shape index (κ1) is 16.1. The minimum absolute atomic E-state index is 0.221. The van der Waals surface area contributed by atoms with Gasteiger partial charge >= 0.3 is 0 Å². The van der Waals surface area contributed by atoms with E-state index in [-0.39, 0.29) is 12.0 Å². The van der Waals surface area contributed by atoms with Gasteiger partial charge in [0.1, 0.15) is 0 Å². The van der Waals surface area contributed by atoms with Crippen LogP contribution in [0, 0.1) is 5.41 Å². The molecule has 0 saturated heterocycles. The zero-order chi connectivity index (χ0) is 14.1. The van der Waals surface area contributed by atoms with E-state index >= 15 is 0 Å². The van der Waals surface area contributed by atoms with Crippen molar-refractivity contribution in [1.82, 2.24) is 10.6 Å². The lowest BCUT2D eigenvalue weighted by molar-refractivity contribution is 0.137. The first-order chi connectivity index (χ1) is 9.12. The largest absolute Gasteiger partial charge is 0.385 e. The lowest BCUT2D eigenvalue weighted by Crippen LogP contribution is -2.44. The van der Waals surface area contributed by atoms with Crippen LogP contribution < -0.4 is 10.6 Å². The van der Waals surface area contributed by atoms with Crippen LogP contribution in [0.2, 0.25) is 0 Å². The van der Waals surface area contributed by atoms with Gasteiger partial charge in [-0.2, -0.15) is 0 Å². The van der Waals surface area contributed by atoms with Crippen LogP contribution in [0.25, 0.3) is 0 Å². The molecule has 0 amide bonds. The minimum atomic E-state index is -2.37. The van der Waals surface area contributed by atoms with Crippen LogP contribution in [0.1, 0.15) is 32.1 Å². The van der Waals surface area contributed by atoms with Crippen LogP contribution in [0.5, 0.6) is 0 Å². The number of methoxy groups -OCH3 is 1. The van der Waals surface area contributed by atoms with Crippen molar-refractivity contribution in [2.24, 2.45) is 10.4 Å². The molecule has 0 unspecified atom stereocenters. The summed E-state index contributed by atoms with van der Waals surface area (Å²) in [6, 6.07) is 0. The van der Waals surface area contributed by atoms with E-state index in [1.807, 2.05) is 0 Å². The maximum Gasteiger partial charge on any atom is 0.255 e. The highest BCUT2D eigenvalue weighted by Crippen LogP contribution is 2.40. The molecule has 0 aliphatic heterocycles. The van der Waals surface area contributed by atoms with Crippen molar-refractivity contribution in [3.8, 4) is 0 Å². The summed E-state index contributed by atoms with van der Waals surface area (Å²) in [7, 11) is 3.30. The maximum atomic E-state index is 12.2. The van der Waals surface area contributed by atoms with Crippen molar-refractivity contribution >= 4 is 5.96 Å². The second-order valence-electron chi connectivity index (χ2n) is 5.15. The SMILES string of the molecule is CN=C(NCC(F)F)NCC1(CCOC)CCCC1. The molecule has 0 spiro atoms. The Hall–Kier alpha value is -0.910. The fraction of sp³-hybridized carbons (Fsp3) is 0.923. The first-order valence-electron chi connectivity index (χ1n) is 6.83. The van der Waals surface area contributed by atoms with Gasteiger partial charge in [-0.25, -0.2) is 8.78 Å². The van der Waals surface area contributed by atoms with Gasteiger partial charge in [0.25, 0.3) is 6.43 Å². The smallest absolute Gasteiger partial charge is 0.255 e. The van der Waals surface area contributed by atoms with Crippen molar-refractivity contribution in [3.63, 3.8) is 0 Å². The molecule has 0 aromatic carbocycles. The molecule has 0 radical (unpaired) electrons. The molecule has 1 aliphatic rings. The number of nitrogens with one attached hydrogen (secondary N) is 2. The fourth-order valence-corrected chi connectivity index (χ4v) is 2.62. The lowest BCUT2D eigenvalue weighted by Gasteiger charge is -2.29. The molecule has 2 N–H and O–H groups in total. The highest BCUT2D eigenvalue weighted by atomic mass is 19.3. The first-order valence-corrected chi connectivity index (χ1v) is 6.83. The Kier molecular flexibility index (Phi) is 7.05. The molecule has 0 aromatic heterocycles. The van der Waals surface area contributed by atoms with Gasteiger partial charge in [-0.15, -0.1) is 0 Å². The molecule has 0 aromatic rings. The molecule has 1 rings (SSSR count). The number of nitrogens with zero attached hydrogens (tertiary/aromatic N) is 1. The molecular weight excluding hydrogens is 252 g/mol. The summed E-state index contributed by atoms with van der Waals surface area (Å²) < 4.78 is 29.5. The standard InChI is InChI=1S/C13H25F2N3O/c1-16-12(17-9-11(14)15)18-10-13(7-8-19-2)5-3-4-6-13/h11H,3-10H2,1-2H3,(H2,16,17,18). The predicted molar refractivity (Wildman–Crippen MR) is 72.8 cm³/mol. The summed E-state index contributed by atoms with van der Waals surface area (Å²) in [6.07, 6.45) is 3.42. The number of alkyl halides is 2. The van der Waals surface area contributed by atoms with Gasteiger partial charge in [0.2, 0.25) is 0 Å². The number of halogens is 2. The monoisotopic (exact) mass is 277 g/mol. The molecule has 0 bridgehead atoms. The van der Waals surface area contributed by atoms with E-state index in [1.165, 1.54) is 12.8 Å². The van der Waals surface area contributed by atoms with Crippen molar-refractivity contribution in [3.05, 3.63) is 0 Å². The van der Waals surface area contributed by atoms with Crippen molar-refractivity contribution in [1.29, 1.82) is 0 Å². The Bertz CT molecular complexity index is 279. The third-order valence-electron chi connectivity index (χ3n) is 3.78.